The van der Waals surface area contributed by atoms with Crippen molar-refractivity contribution < 1.29 is 19.1 Å². The number of rotatable bonds is 7. The Balaban J connectivity index is 1.48. The summed E-state index contributed by atoms with van der Waals surface area (Å²) in [5.74, 6) is -0.207. The number of nitrogens with one attached hydrogen (secondary N) is 1. The highest BCUT2D eigenvalue weighted by molar-refractivity contribution is 7.13. The number of carbonyl (C=O) groups is 2. The van der Waals surface area contributed by atoms with Crippen molar-refractivity contribution in [1.29, 1.82) is 0 Å². The van der Waals surface area contributed by atoms with E-state index in [1.165, 1.54) is 11.3 Å². The second-order valence-corrected chi connectivity index (χ2v) is 6.99. The minimum absolute atomic E-state index is 0.0259. The zero-order valence-corrected chi connectivity index (χ0v) is 16.4. The quantitative estimate of drug-likeness (QED) is 0.614. The van der Waals surface area contributed by atoms with E-state index in [2.05, 4.69) is 10.3 Å². The molecule has 1 aromatic heterocycles. The minimum atomic E-state index is -0.494. The molecule has 6 nitrogen and oxygen atoms in total. The van der Waals surface area contributed by atoms with E-state index in [4.69, 9.17) is 9.47 Å². The van der Waals surface area contributed by atoms with Crippen LogP contribution in [0, 0.1) is 6.92 Å². The second-order valence-electron chi connectivity index (χ2n) is 6.13. The number of methoxy groups -OCH3 is 1. The first-order chi connectivity index (χ1) is 13.5. The summed E-state index contributed by atoms with van der Waals surface area (Å²) in [4.78, 5) is 28.4. The van der Waals surface area contributed by atoms with E-state index in [0.29, 0.717) is 17.1 Å². The summed E-state index contributed by atoms with van der Waals surface area (Å²) in [5, 5.41) is 5.34. The third-order valence-electron chi connectivity index (χ3n) is 3.88. The number of nitrogens with zero attached hydrogens (tertiary/aromatic N) is 1. The van der Waals surface area contributed by atoms with Gasteiger partial charge in [0.25, 0.3) is 5.91 Å². The third-order valence-corrected chi connectivity index (χ3v) is 4.82. The SMILES string of the molecule is COc1ccc(NC(=O)COC(=O)Cc2csc(-c3cccc(C)c3)n2)cc1. The number of aryl methyl sites for hydroxylation is 1. The molecular weight excluding hydrogens is 376 g/mol. The molecule has 1 heterocycles. The molecule has 28 heavy (non-hydrogen) atoms. The number of thiazole rings is 1. The fourth-order valence-corrected chi connectivity index (χ4v) is 3.33. The summed E-state index contributed by atoms with van der Waals surface area (Å²) in [6.45, 7) is 1.67. The fourth-order valence-electron chi connectivity index (χ4n) is 2.52. The summed E-state index contributed by atoms with van der Waals surface area (Å²) < 4.78 is 10.1. The first kappa shape index (κ1) is 19.6. The van der Waals surface area contributed by atoms with Crippen molar-refractivity contribution in [3.8, 4) is 16.3 Å². The summed E-state index contributed by atoms with van der Waals surface area (Å²) >= 11 is 1.47. The lowest BCUT2D eigenvalue weighted by Crippen LogP contribution is -2.21. The van der Waals surface area contributed by atoms with Crippen molar-refractivity contribution in [1.82, 2.24) is 4.98 Å². The van der Waals surface area contributed by atoms with Crippen LogP contribution in [0.4, 0.5) is 5.69 Å². The average Bonchev–Trinajstić information content (AvgIpc) is 3.15. The van der Waals surface area contributed by atoms with Crippen molar-refractivity contribution in [3.63, 3.8) is 0 Å². The van der Waals surface area contributed by atoms with Crippen LogP contribution in [0.25, 0.3) is 10.6 Å². The molecule has 0 bridgehead atoms. The maximum absolute atomic E-state index is 12.0. The number of esters is 1. The summed E-state index contributed by atoms with van der Waals surface area (Å²) in [7, 11) is 1.57. The van der Waals surface area contributed by atoms with Crippen molar-refractivity contribution in [2.24, 2.45) is 0 Å². The van der Waals surface area contributed by atoms with Crippen LogP contribution in [0.15, 0.2) is 53.9 Å². The van der Waals surface area contributed by atoms with Gasteiger partial charge in [0.15, 0.2) is 6.61 Å². The summed E-state index contributed by atoms with van der Waals surface area (Å²) in [6.07, 6.45) is 0.0259. The molecule has 3 rings (SSSR count). The Morgan fingerprint density at radius 1 is 1.14 bits per heavy atom. The number of hydrogen-bond donors (Lipinski definition) is 1. The van der Waals surface area contributed by atoms with Gasteiger partial charge in [0.2, 0.25) is 0 Å². The number of ether oxygens (including phenoxy) is 2. The number of amides is 1. The van der Waals surface area contributed by atoms with Gasteiger partial charge < -0.3 is 14.8 Å². The summed E-state index contributed by atoms with van der Waals surface area (Å²) in [6, 6.07) is 14.9. The minimum Gasteiger partial charge on any atom is -0.497 e. The van der Waals surface area contributed by atoms with E-state index < -0.39 is 11.9 Å². The van der Waals surface area contributed by atoms with Gasteiger partial charge in [-0.1, -0.05) is 23.8 Å². The van der Waals surface area contributed by atoms with Crippen LogP contribution in [-0.4, -0.2) is 30.6 Å². The molecule has 144 valence electrons. The van der Waals surface area contributed by atoms with E-state index in [-0.39, 0.29) is 13.0 Å². The molecule has 2 aromatic carbocycles. The standard InChI is InChI=1S/C21H20N2O4S/c1-14-4-3-5-15(10-14)21-23-17(13-28-21)11-20(25)27-12-19(24)22-16-6-8-18(26-2)9-7-16/h3-10,13H,11-12H2,1-2H3,(H,22,24). The van der Waals surface area contributed by atoms with Crippen LogP contribution in [0.5, 0.6) is 5.75 Å². The molecule has 0 atom stereocenters. The number of hydrogen-bond acceptors (Lipinski definition) is 6. The Morgan fingerprint density at radius 3 is 2.64 bits per heavy atom. The van der Waals surface area contributed by atoms with Crippen LogP contribution in [-0.2, 0) is 20.7 Å². The van der Waals surface area contributed by atoms with Gasteiger partial charge in [0.05, 0.1) is 19.2 Å². The number of benzene rings is 2. The lowest BCUT2D eigenvalue weighted by atomic mass is 10.1. The topological polar surface area (TPSA) is 77.5 Å². The average molecular weight is 396 g/mol. The monoisotopic (exact) mass is 396 g/mol. The Morgan fingerprint density at radius 2 is 1.93 bits per heavy atom. The smallest absolute Gasteiger partial charge is 0.312 e. The normalized spacial score (nSPS) is 10.4. The zero-order valence-electron chi connectivity index (χ0n) is 15.6. The van der Waals surface area contributed by atoms with Crippen LogP contribution < -0.4 is 10.1 Å². The molecule has 1 N–H and O–H groups in total. The number of anilines is 1. The highest BCUT2D eigenvalue weighted by Gasteiger charge is 2.12. The first-order valence-electron chi connectivity index (χ1n) is 8.64. The van der Waals surface area contributed by atoms with Crippen LogP contribution in [0.3, 0.4) is 0 Å². The van der Waals surface area contributed by atoms with E-state index in [0.717, 1.165) is 16.1 Å². The van der Waals surface area contributed by atoms with Crippen LogP contribution in [0.2, 0.25) is 0 Å². The molecule has 0 saturated carbocycles. The lowest BCUT2D eigenvalue weighted by molar-refractivity contribution is -0.146. The van der Waals surface area contributed by atoms with Gasteiger partial charge in [-0.3, -0.25) is 9.59 Å². The third kappa shape index (κ3) is 5.40. The van der Waals surface area contributed by atoms with Gasteiger partial charge in [0, 0.05) is 16.6 Å². The maximum atomic E-state index is 12.0. The molecule has 0 aliphatic heterocycles. The van der Waals surface area contributed by atoms with Crippen LogP contribution in [0.1, 0.15) is 11.3 Å². The molecule has 7 heteroatoms. The second kappa shape index (κ2) is 9.14. The molecule has 3 aromatic rings. The highest BCUT2D eigenvalue weighted by Crippen LogP contribution is 2.24. The Labute approximate surface area is 167 Å². The van der Waals surface area contributed by atoms with Gasteiger partial charge >= 0.3 is 5.97 Å². The molecule has 0 unspecified atom stereocenters. The van der Waals surface area contributed by atoms with Crippen LogP contribution >= 0.6 is 11.3 Å². The van der Waals surface area contributed by atoms with Gasteiger partial charge in [-0.15, -0.1) is 11.3 Å². The maximum Gasteiger partial charge on any atom is 0.312 e. The van der Waals surface area contributed by atoms with E-state index in [1.807, 2.05) is 36.6 Å². The fraction of sp³-hybridized carbons (Fsp3) is 0.190. The summed E-state index contributed by atoms with van der Waals surface area (Å²) in [5.41, 5.74) is 3.39. The van der Waals surface area contributed by atoms with E-state index in [1.54, 1.807) is 31.4 Å². The zero-order chi connectivity index (χ0) is 19.9. The molecule has 0 saturated heterocycles. The van der Waals surface area contributed by atoms with E-state index in [9.17, 15) is 9.59 Å². The van der Waals surface area contributed by atoms with Gasteiger partial charge in [0.1, 0.15) is 10.8 Å². The lowest BCUT2D eigenvalue weighted by Gasteiger charge is -2.07. The van der Waals surface area contributed by atoms with Crippen molar-refractivity contribution in [2.45, 2.75) is 13.3 Å². The predicted octanol–water partition coefficient (Wildman–Crippen LogP) is 3.85. The molecule has 0 fully saturated rings. The van der Waals surface area contributed by atoms with Gasteiger partial charge in [-0.25, -0.2) is 4.98 Å². The van der Waals surface area contributed by atoms with Crippen molar-refractivity contribution in [2.75, 3.05) is 19.0 Å². The number of carbonyl (C=O) groups excluding carboxylic acids is 2. The highest BCUT2D eigenvalue weighted by atomic mass is 32.1. The van der Waals surface area contributed by atoms with Gasteiger partial charge in [-0.05, 0) is 37.3 Å². The predicted molar refractivity (Wildman–Crippen MR) is 109 cm³/mol. The Kier molecular flexibility index (Phi) is 6.39. The molecular formula is C21H20N2O4S. The molecule has 0 spiro atoms. The van der Waals surface area contributed by atoms with Crippen molar-refractivity contribution in [3.05, 3.63) is 65.2 Å². The van der Waals surface area contributed by atoms with E-state index >= 15 is 0 Å². The molecule has 0 aliphatic carbocycles. The Hall–Kier alpha value is -3.19. The first-order valence-corrected chi connectivity index (χ1v) is 9.52. The largest absolute Gasteiger partial charge is 0.497 e. The Bertz CT molecular complexity index is 967. The molecule has 1 amide bonds. The van der Waals surface area contributed by atoms with Crippen molar-refractivity contribution >= 4 is 28.9 Å². The number of aromatic nitrogens is 1. The molecule has 0 radical (unpaired) electrons. The molecule has 0 aliphatic rings. The van der Waals surface area contributed by atoms with Gasteiger partial charge in [-0.2, -0.15) is 0 Å².